The van der Waals surface area contributed by atoms with Crippen molar-refractivity contribution in [3.63, 3.8) is 0 Å². The second kappa shape index (κ2) is 4.87. The number of anilines is 1. The first-order valence-corrected chi connectivity index (χ1v) is 4.52. The van der Waals surface area contributed by atoms with E-state index in [1.165, 1.54) is 12.1 Å². The van der Waals surface area contributed by atoms with Gasteiger partial charge in [0.25, 0.3) is 0 Å². The summed E-state index contributed by atoms with van der Waals surface area (Å²) in [4.78, 5) is 0. The third kappa shape index (κ3) is 3.47. The van der Waals surface area contributed by atoms with Crippen LogP contribution in [0.3, 0.4) is 0 Å². The Morgan fingerprint density at radius 3 is 2.92 bits per heavy atom. The van der Waals surface area contributed by atoms with Gasteiger partial charge in [0.1, 0.15) is 5.82 Å². The first-order chi connectivity index (χ1) is 6.22. The van der Waals surface area contributed by atoms with Gasteiger partial charge in [-0.2, -0.15) is 0 Å². The van der Waals surface area contributed by atoms with E-state index in [2.05, 4.69) is 11.9 Å². The summed E-state index contributed by atoms with van der Waals surface area (Å²) in [5, 5.41) is 2.96. The molecule has 1 N–H and O–H groups in total. The van der Waals surface area contributed by atoms with Crippen LogP contribution in [0.5, 0.6) is 0 Å². The Hall–Kier alpha value is -1.02. The zero-order valence-corrected chi connectivity index (χ0v) is 7.94. The quantitative estimate of drug-likeness (QED) is 0.734. The van der Waals surface area contributed by atoms with Crippen LogP contribution in [0.15, 0.2) is 36.5 Å². The lowest BCUT2D eigenvalue weighted by atomic mass is 10.3. The highest BCUT2D eigenvalue weighted by Gasteiger charge is 1.96. The fraction of sp³-hybridized carbons (Fsp3) is 0.200. The molecular weight excluding hydrogens is 189 g/mol. The second-order valence-electron chi connectivity index (χ2n) is 2.68. The van der Waals surface area contributed by atoms with Gasteiger partial charge in [0.2, 0.25) is 0 Å². The van der Waals surface area contributed by atoms with Crippen LogP contribution in [0.4, 0.5) is 10.1 Å². The largest absolute Gasteiger partial charge is 0.359 e. The minimum atomic E-state index is -0.260. The molecule has 13 heavy (non-hydrogen) atoms. The summed E-state index contributed by atoms with van der Waals surface area (Å²) >= 11 is 5.52. The predicted molar refractivity (Wildman–Crippen MR) is 54.5 cm³/mol. The highest BCUT2D eigenvalue weighted by Crippen LogP contribution is 2.12. The zero-order valence-electron chi connectivity index (χ0n) is 7.19. The third-order valence-electron chi connectivity index (χ3n) is 1.54. The Morgan fingerprint density at radius 2 is 2.31 bits per heavy atom. The fourth-order valence-electron chi connectivity index (χ4n) is 0.947. The number of hydrogen-bond acceptors (Lipinski definition) is 1. The summed E-state index contributed by atoms with van der Waals surface area (Å²) in [5.74, 6) is 0.255. The second-order valence-corrected chi connectivity index (χ2v) is 3.06. The van der Waals surface area contributed by atoms with E-state index in [0.717, 1.165) is 5.70 Å². The minimum Gasteiger partial charge on any atom is -0.359 e. The van der Waals surface area contributed by atoms with Crippen LogP contribution in [0, 0.1) is 5.82 Å². The molecule has 0 saturated carbocycles. The number of halogens is 2. The lowest BCUT2D eigenvalue weighted by Crippen LogP contribution is -1.98. The Labute approximate surface area is 82.2 Å². The Kier molecular flexibility index (Phi) is 3.77. The van der Waals surface area contributed by atoms with Gasteiger partial charge in [0, 0.05) is 23.7 Å². The van der Waals surface area contributed by atoms with Gasteiger partial charge in [0.05, 0.1) is 0 Å². The molecule has 3 heteroatoms. The maximum atomic E-state index is 12.7. The summed E-state index contributed by atoms with van der Waals surface area (Å²) in [7, 11) is 0. The maximum Gasteiger partial charge on any atom is 0.125 e. The van der Waals surface area contributed by atoms with Crippen molar-refractivity contribution in [2.24, 2.45) is 0 Å². The molecular formula is C10H11ClFN. The standard InChI is InChI=1S/C10H11ClFN/c1-8(5-6-11)13-10-4-2-3-9(12)7-10/h2-4,7,13H,1,5-6H2. The maximum absolute atomic E-state index is 12.7. The van der Waals surface area contributed by atoms with Crippen molar-refractivity contribution in [3.8, 4) is 0 Å². The van der Waals surface area contributed by atoms with Gasteiger partial charge in [-0.05, 0) is 18.2 Å². The number of rotatable bonds is 4. The van der Waals surface area contributed by atoms with E-state index in [1.54, 1.807) is 12.1 Å². The molecule has 0 heterocycles. The summed E-state index contributed by atoms with van der Waals surface area (Å²) in [6, 6.07) is 6.24. The predicted octanol–water partition coefficient (Wildman–Crippen LogP) is 3.38. The van der Waals surface area contributed by atoms with Crippen molar-refractivity contribution in [2.75, 3.05) is 11.2 Å². The van der Waals surface area contributed by atoms with Crippen molar-refractivity contribution in [3.05, 3.63) is 42.4 Å². The van der Waals surface area contributed by atoms with Gasteiger partial charge in [-0.3, -0.25) is 0 Å². The molecule has 0 aliphatic rings. The van der Waals surface area contributed by atoms with E-state index in [-0.39, 0.29) is 5.82 Å². The van der Waals surface area contributed by atoms with E-state index in [1.807, 2.05) is 0 Å². The SMILES string of the molecule is C=C(CCCl)Nc1cccc(F)c1. The molecule has 0 aliphatic carbocycles. The van der Waals surface area contributed by atoms with Crippen LogP contribution in [0.25, 0.3) is 0 Å². The Balaban J connectivity index is 2.58. The molecule has 0 fully saturated rings. The molecule has 0 aliphatic heterocycles. The Bertz CT molecular complexity index is 299. The van der Waals surface area contributed by atoms with Gasteiger partial charge < -0.3 is 5.32 Å². The molecule has 1 rings (SSSR count). The molecule has 0 aromatic heterocycles. The number of benzene rings is 1. The molecule has 1 nitrogen and oxygen atoms in total. The highest BCUT2D eigenvalue weighted by atomic mass is 35.5. The Morgan fingerprint density at radius 1 is 1.54 bits per heavy atom. The molecule has 0 bridgehead atoms. The van der Waals surface area contributed by atoms with Crippen LogP contribution in [0.1, 0.15) is 6.42 Å². The summed E-state index contributed by atoms with van der Waals surface area (Å²) < 4.78 is 12.7. The van der Waals surface area contributed by atoms with Gasteiger partial charge in [0.15, 0.2) is 0 Å². The first kappa shape index (κ1) is 10.1. The van der Waals surface area contributed by atoms with Gasteiger partial charge in [-0.15, -0.1) is 11.6 Å². The molecule has 70 valence electrons. The number of allylic oxidation sites excluding steroid dienone is 1. The topological polar surface area (TPSA) is 12.0 Å². The number of alkyl halides is 1. The summed E-state index contributed by atoms with van der Waals surface area (Å²) in [6.07, 6.45) is 0.679. The van der Waals surface area contributed by atoms with Crippen molar-refractivity contribution in [1.82, 2.24) is 0 Å². The normalized spacial score (nSPS) is 9.69. The summed E-state index contributed by atoms with van der Waals surface area (Å²) in [5.41, 5.74) is 1.50. The monoisotopic (exact) mass is 199 g/mol. The van der Waals surface area contributed by atoms with E-state index in [9.17, 15) is 4.39 Å². The molecule has 0 spiro atoms. The zero-order chi connectivity index (χ0) is 9.68. The van der Waals surface area contributed by atoms with Gasteiger partial charge in [-0.1, -0.05) is 12.6 Å². The van der Waals surface area contributed by atoms with Crippen molar-refractivity contribution >= 4 is 17.3 Å². The molecule has 0 saturated heterocycles. The number of hydrogen-bond donors (Lipinski definition) is 1. The molecule has 0 radical (unpaired) electrons. The van der Waals surface area contributed by atoms with Crippen LogP contribution in [0.2, 0.25) is 0 Å². The van der Waals surface area contributed by atoms with E-state index in [4.69, 9.17) is 11.6 Å². The third-order valence-corrected chi connectivity index (χ3v) is 1.73. The molecule has 0 amide bonds. The fourth-order valence-corrected chi connectivity index (χ4v) is 1.18. The molecule has 1 aromatic rings. The highest BCUT2D eigenvalue weighted by molar-refractivity contribution is 6.18. The molecule has 1 aromatic carbocycles. The lowest BCUT2D eigenvalue weighted by molar-refractivity contribution is 0.628. The van der Waals surface area contributed by atoms with Crippen LogP contribution in [-0.2, 0) is 0 Å². The van der Waals surface area contributed by atoms with Crippen LogP contribution in [-0.4, -0.2) is 5.88 Å². The van der Waals surface area contributed by atoms with Crippen molar-refractivity contribution in [2.45, 2.75) is 6.42 Å². The smallest absolute Gasteiger partial charge is 0.125 e. The van der Waals surface area contributed by atoms with Gasteiger partial charge >= 0.3 is 0 Å². The number of nitrogens with one attached hydrogen (secondary N) is 1. The van der Waals surface area contributed by atoms with E-state index >= 15 is 0 Å². The van der Waals surface area contributed by atoms with E-state index in [0.29, 0.717) is 18.0 Å². The first-order valence-electron chi connectivity index (χ1n) is 3.98. The van der Waals surface area contributed by atoms with Crippen LogP contribution < -0.4 is 5.32 Å². The lowest BCUT2D eigenvalue weighted by Gasteiger charge is -2.07. The average Bonchev–Trinajstić information content (AvgIpc) is 2.04. The van der Waals surface area contributed by atoms with Gasteiger partial charge in [-0.25, -0.2) is 4.39 Å². The van der Waals surface area contributed by atoms with Crippen LogP contribution >= 0.6 is 11.6 Å². The van der Waals surface area contributed by atoms with Crippen molar-refractivity contribution in [1.29, 1.82) is 0 Å². The minimum absolute atomic E-state index is 0.260. The molecule has 0 unspecified atom stereocenters. The average molecular weight is 200 g/mol. The molecule has 0 atom stereocenters. The van der Waals surface area contributed by atoms with Crippen molar-refractivity contribution < 1.29 is 4.39 Å². The van der Waals surface area contributed by atoms with E-state index < -0.39 is 0 Å². The summed E-state index contributed by atoms with van der Waals surface area (Å²) in [6.45, 7) is 3.75.